The molecule has 0 fully saturated rings. The monoisotopic (exact) mass is 534 g/mol. The Morgan fingerprint density at radius 3 is 2.38 bits per heavy atom. The highest BCUT2D eigenvalue weighted by Crippen LogP contribution is 2.48. The van der Waals surface area contributed by atoms with Crippen molar-refractivity contribution < 1.29 is 27.5 Å². The van der Waals surface area contributed by atoms with Gasteiger partial charge in [0.1, 0.15) is 5.75 Å². The minimum Gasteiger partial charge on any atom is -0.761 e. The first kappa shape index (κ1) is 25.7. The fourth-order valence-electron chi connectivity index (χ4n) is 4.41. The number of carbonyl (C=O) groups excluding carboxylic acids is 2. The molecule has 0 saturated heterocycles. The topological polar surface area (TPSA) is 128 Å². The van der Waals surface area contributed by atoms with Crippen molar-refractivity contribution in [1.29, 1.82) is 0 Å². The molecule has 9 nitrogen and oxygen atoms in total. The van der Waals surface area contributed by atoms with Crippen LogP contribution in [-0.2, 0) is 10.2 Å². The van der Waals surface area contributed by atoms with Crippen molar-refractivity contribution in [2.24, 2.45) is 5.10 Å². The Labute approximate surface area is 219 Å². The van der Waals surface area contributed by atoms with Crippen LogP contribution >= 0.6 is 0 Å². The van der Waals surface area contributed by atoms with Gasteiger partial charge in [-0.05, 0) is 59.7 Å². The average molecular weight is 534 g/mol. The van der Waals surface area contributed by atoms with Crippen molar-refractivity contribution in [3.8, 4) is 5.75 Å². The predicted molar refractivity (Wildman–Crippen MR) is 138 cm³/mol. The number of nitrogens with zero attached hydrogens (tertiary/aromatic N) is 2. The van der Waals surface area contributed by atoms with E-state index in [-0.39, 0.29) is 22.4 Å². The van der Waals surface area contributed by atoms with Gasteiger partial charge in [-0.2, -0.15) is 18.3 Å². The van der Waals surface area contributed by atoms with Crippen LogP contribution < -0.4 is 21.0 Å². The lowest BCUT2D eigenvalue weighted by Crippen LogP contribution is -2.57. The third-order valence-corrected chi connectivity index (χ3v) is 6.35. The Bertz CT molecular complexity index is 1570. The second kappa shape index (κ2) is 10.1. The van der Waals surface area contributed by atoms with Crippen molar-refractivity contribution >= 4 is 40.0 Å². The Hall–Kier alpha value is -4.97. The first-order chi connectivity index (χ1) is 18.7. The average Bonchev–Trinajstić information content (AvgIpc) is 2.93. The summed E-state index contributed by atoms with van der Waals surface area (Å²) in [5, 5.41) is 17.3. The van der Waals surface area contributed by atoms with Gasteiger partial charge in [0.25, 0.3) is 5.91 Å². The van der Waals surface area contributed by atoms with Gasteiger partial charge in [-0.15, -0.1) is 0 Å². The molecule has 1 aliphatic rings. The van der Waals surface area contributed by atoms with Gasteiger partial charge in [-0.25, -0.2) is 10.2 Å². The number of benzene rings is 3. The number of hydrazone groups is 1. The minimum atomic E-state index is -4.95. The van der Waals surface area contributed by atoms with E-state index in [0.29, 0.717) is 22.5 Å². The maximum Gasteiger partial charge on any atom is 0.417 e. The molecule has 0 unspecified atom stereocenters. The first-order valence-electron chi connectivity index (χ1n) is 11.6. The molecule has 0 bridgehead atoms. The Morgan fingerprint density at radius 1 is 0.974 bits per heavy atom. The number of halogens is 3. The van der Waals surface area contributed by atoms with Gasteiger partial charge >= 0.3 is 12.3 Å². The van der Waals surface area contributed by atoms with Crippen molar-refractivity contribution in [3.05, 3.63) is 101 Å². The molecular formula is C27H19F3N5O4-. The largest absolute Gasteiger partial charge is 0.761 e. The number of nitrogens with one attached hydrogen (secondary N) is 3. The molecule has 3 aromatic carbocycles. The summed E-state index contributed by atoms with van der Waals surface area (Å²) < 4.78 is 49.4. The standard InChI is InChI=1S/C27H19F3N5O4/c28-27(29,30)26(21-4-1-5-22-20(21)3-2-14-31-22)15-23(33-34-24(26)36)16-6-8-17(9-7-16)32-25(37)39-19-12-10-18(35-38)11-13-19/h1-14,35H,15H2,(H,32,37)(H,34,36)/q-1/t26-/m1/s1. The minimum absolute atomic E-state index is 0.00835. The number of rotatable bonds is 5. The van der Waals surface area contributed by atoms with Crippen LogP contribution in [0.1, 0.15) is 17.5 Å². The number of fused-ring (bicyclic) bond motifs is 1. The molecule has 1 aromatic heterocycles. The normalized spacial score (nSPS) is 17.2. The molecule has 198 valence electrons. The second-order valence-electron chi connectivity index (χ2n) is 8.67. The molecular weight excluding hydrogens is 515 g/mol. The summed E-state index contributed by atoms with van der Waals surface area (Å²) in [5.74, 6) is -1.09. The van der Waals surface area contributed by atoms with Crippen LogP contribution in [-0.4, -0.2) is 28.9 Å². The number of ether oxygens (including phenoxy) is 1. The van der Waals surface area contributed by atoms with Gasteiger partial charge in [0.15, 0.2) is 5.41 Å². The maximum absolute atomic E-state index is 14.8. The van der Waals surface area contributed by atoms with Crippen molar-refractivity contribution in [2.45, 2.75) is 18.0 Å². The molecule has 12 heteroatoms. The second-order valence-corrected chi connectivity index (χ2v) is 8.67. The van der Waals surface area contributed by atoms with Gasteiger partial charge in [0.2, 0.25) is 0 Å². The Balaban J connectivity index is 1.39. The van der Waals surface area contributed by atoms with E-state index in [4.69, 9.17) is 4.74 Å². The highest BCUT2D eigenvalue weighted by Gasteiger charge is 2.63. The van der Waals surface area contributed by atoms with Gasteiger partial charge in [0, 0.05) is 29.4 Å². The summed E-state index contributed by atoms with van der Waals surface area (Å²) in [4.78, 5) is 29.2. The van der Waals surface area contributed by atoms with Gasteiger partial charge in [-0.3, -0.25) is 15.1 Å². The molecule has 3 N–H and O–H groups in total. The van der Waals surface area contributed by atoms with Crippen LogP contribution in [0.15, 0.2) is 90.2 Å². The number of hydrogen-bond donors (Lipinski definition) is 3. The number of alkyl halides is 3. The van der Waals surface area contributed by atoms with Crippen LogP contribution in [0, 0.1) is 5.21 Å². The third-order valence-electron chi connectivity index (χ3n) is 6.35. The summed E-state index contributed by atoms with van der Waals surface area (Å²) >= 11 is 0. The smallest absolute Gasteiger partial charge is 0.417 e. The zero-order chi connectivity index (χ0) is 27.6. The fourth-order valence-corrected chi connectivity index (χ4v) is 4.41. The lowest BCUT2D eigenvalue weighted by atomic mass is 9.71. The van der Waals surface area contributed by atoms with Crippen LogP contribution in [0.25, 0.3) is 10.9 Å². The van der Waals surface area contributed by atoms with Crippen molar-refractivity contribution in [2.75, 3.05) is 10.8 Å². The molecule has 0 aliphatic carbocycles. The van der Waals surface area contributed by atoms with Gasteiger partial charge < -0.3 is 15.4 Å². The summed E-state index contributed by atoms with van der Waals surface area (Å²) in [7, 11) is 0. The van der Waals surface area contributed by atoms with E-state index in [0.717, 1.165) is 0 Å². The molecule has 39 heavy (non-hydrogen) atoms. The van der Waals surface area contributed by atoms with Crippen LogP contribution in [0.5, 0.6) is 5.75 Å². The zero-order valence-corrected chi connectivity index (χ0v) is 20.0. The molecule has 1 atom stereocenters. The molecule has 1 aliphatic heterocycles. The number of aromatic nitrogens is 1. The molecule has 2 heterocycles. The van der Waals surface area contributed by atoms with E-state index in [1.165, 1.54) is 79.0 Å². The van der Waals surface area contributed by atoms with Crippen molar-refractivity contribution in [3.63, 3.8) is 0 Å². The Morgan fingerprint density at radius 2 is 1.69 bits per heavy atom. The van der Waals surface area contributed by atoms with E-state index in [9.17, 15) is 28.0 Å². The third kappa shape index (κ3) is 4.84. The Kier molecular flexibility index (Phi) is 6.62. The van der Waals surface area contributed by atoms with Crippen LogP contribution in [0.3, 0.4) is 0 Å². The van der Waals surface area contributed by atoms with Gasteiger partial charge in [0.05, 0.1) is 11.2 Å². The quantitative estimate of drug-likeness (QED) is 0.291. The van der Waals surface area contributed by atoms with E-state index in [2.05, 4.69) is 20.8 Å². The van der Waals surface area contributed by atoms with Crippen molar-refractivity contribution in [1.82, 2.24) is 10.4 Å². The first-order valence-corrected chi connectivity index (χ1v) is 11.6. The molecule has 0 spiro atoms. The maximum atomic E-state index is 14.8. The van der Waals surface area contributed by atoms with E-state index in [1.54, 1.807) is 11.5 Å². The van der Waals surface area contributed by atoms with E-state index in [1.807, 2.05) is 0 Å². The fraction of sp³-hybridized carbons (Fsp3) is 0.111. The summed E-state index contributed by atoms with van der Waals surface area (Å²) in [6.07, 6.45) is -5.03. The highest BCUT2D eigenvalue weighted by molar-refractivity contribution is 6.09. The summed E-state index contributed by atoms with van der Waals surface area (Å²) in [6, 6.07) is 18.9. The molecule has 0 radical (unpaired) electrons. The molecule has 4 aromatic rings. The molecule has 0 saturated carbocycles. The number of pyridine rings is 1. The van der Waals surface area contributed by atoms with Crippen LogP contribution in [0.2, 0.25) is 0 Å². The zero-order valence-electron chi connectivity index (χ0n) is 20.0. The lowest BCUT2D eigenvalue weighted by Gasteiger charge is -2.37. The van der Waals surface area contributed by atoms with Crippen LogP contribution in [0.4, 0.5) is 29.3 Å². The summed E-state index contributed by atoms with van der Waals surface area (Å²) in [5.41, 5.74) is 1.93. The highest BCUT2D eigenvalue weighted by atomic mass is 19.4. The number of carbonyl (C=O) groups is 2. The predicted octanol–water partition coefficient (Wildman–Crippen LogP) is 5.48. The molecule has 2 amide bonds. The SMILES string of the molecule is O=C(Nc1ccc(C2=NNC(=O)[C@@](c3cccc4ncccc34)(C(F)(F)F)C2)cc1)Oc1ccc(N[O-])cc1. The molecule has 5 rings (SSSR count). The van der Waals surface area contributed by atoms with Gasteiger partial charge in [-0.1, -0.05) is 30.3 Å². The number of amides is 2. The van der Waals surface area contributed by atoms with E-state index >= 15 is 0 Å². The number of anilines is 2. The van der Waals surface area contributed by atoms with E-state index < -0.39 is 30.0 Å². The number of hydrogen-bond acceptors (Lipinski definition) is 7. The summed E-state index contributed by atoms with van der Waals surface area (Å²) in [6.45, 7) is 0. The lowest BCUT2D eigenvalue weighted by molar-refractivity contribution is -0.194.